The Morgan fingerprint density at radius 1 is 1.46 bits per heavy atom. The summed E-state index contributed by atoms with van der Waals surface area (Å²) in [5.41, 5.74) is 2.61. The summed E-state index contributed by atoms with van der Waals surface area (Å²) < 4.78 is 0. The zero-order valence-electron chi connectivity index (χ0n) is 8.18. The van der Waals surface area contributed by atoms with E-state index in [-0.39, 0.29) is 11.3 Å². The van der Waals surface area contributed by atoms with Crippen LogP contribution in [0.3, 0.4) is 0 Å². The fraction of sp³-hybridized carbons (Fsp3) is 0.545. The van der Waals surface area contributed by atoms with Crippen molar-refractivity contribution < 1.29 is 4.79 Å². The lowest BCUT2D eigenvalue weighted by atomic mass is 9.87. The van der Waals surface area contributed by atoms with Crippen molar-refractivity contribution in [2.45, 2.75) is 33.1 Å². The molecule has 0 bridgehead atoms. The Labute approximate surface area is 78.7 Å². The summed E-state index contributed by atoms with van der Waals surface area (Å²) in [5, 5.41) is 2.89. The maximum absolute atomic E-state index is 11.1. The molecule has 1 aliphatic carbocycles. The van der Waals surface area contributed by atoms with Gasteiger partial charge in [-0.3, -0.25) is 4.79 Å². The van der Waals surface area contributed by atoms with Crippen molar-refractivity contribution in [3.05, 3.63) is 23.4 Å². The van der Waals surface area contributed by atoms with E-state index in [4.69, 9.17) is 0 Å². The molecule has 1 aliphatic heterocycles. The van der Waals surface area contributed by atoms with Crippen molar-refractivity contribution in [2.24, 2.45) is 5.41 Å². The van der Waals surface area contributed by atoms with Gasteiger partial charge in [0.2, 0.25) is 5.91 Å². The monoisotopic (exact) mass is 177 g/mol. The Morgan fingerprint density at radius 3 is 3.00 bits per heavy atom. The first-order valence-corrected chi connectivity index (χ1v) is 4.78. The number of amides is 1. The topological polar surface area (TPSA) is 29.1 Å². The maximum Gasteiger partial charge on any atom is 0.228 e. The molecule has 2 nitrogen and oxygen atoms in total. The van der Waals surface area contributed by atoms with Gasteiger partial charge in [0.15, 0.2) is 0 Å². The van der Waals surface area contributed by atoms with E-state index in [0.717, 1.165) is 18.5 Å². The molecular weight excluding hydrogens is 162 g/mol. The Balaban J connectivity index is 2.23. The van der Waals surface area contributed by atoms with E-state index in [1.54, 1.807) is 0 Å². The number of allylic oxidation sites excluding steroid dienone is 2. The molecule has 0 fully saturated rings. The summed E-state index contributed by atoms with van der Waals surface area (Å²) in [6.45, 7) is 4.46. The first-order valence-electron chi connectivity index (χ1n) is 4.78. The highest BCUT2D eigenvalue weighted by molar-refractivity contribution is 5.85. The molecule has 0 aromatic rings. The average molecular weight is 177 g/mol. The molecule has 0 aromatic carbocycles. The third-order valence-electron chi connectivity index (χ3n) is 2.80. The van der Waals surface area contributed by atoms with Crippen LogP contribution < -0.4 is 5.32 Å². The van der Waals surface area contributed by atoms with Crippen LogP contribution in [0.2, 0.25) is 0 Å². The molecule has 0 saturated carbocycles. The van der Waals surface area contributed by atoms with Crippen LogP contribution >= 0.6 is 0 Å². The van der Waals surface area contributed by atoms with Crippen molar-refractivity contribution in [3.8, 4) is 0 Å². The van der Waals surface area contributed by atoms with E-state index in [0.29, 0.717) is 6.42 Å². The third-order valence-corrected chi connectivity index (χ3v) is 2.80. The van der Waals surface area contributed by atoms with E-state index in [1.807, 2.05) is 0 Å². The maximum atomic E-state index is 11.1. The largest absolute Gasteiger partial charge is 0.326 e. The van der Waals surface area contributed by atoms with Gasteiger partial charge in [-0.05, 0) is 29.9 Å². The predicted molar refractivity (Wildman–Crippen MR) is 51.9 cm³/mol. The fourth-order valence-electron chi connectivity index (χ4n) is 1.82. The summed E-state index contributed by atoms with van der Waals surface area (Å²) in [6, 6.07) is 0. The quantitative estimate of drug-likeness (QED) is 0.603. The Kier molecular flexibility index (Phi) is 1.79. The molecule has 2 heteroatoms. The van der Waals surface area contributed by atoms with E-state index < -0.39 is 0 Å². The summed E-state index contributed by atoms with van der Waals surface area (Å²) >= 11 is 0. The van der Waals surface area contributed by atoms with Crippen LogP contribution in [0.15, 0.2) is 23.4 Å². The van der Waals surface area contributed by atoms with Crippen LogP contribution in [0, 0.1) is 5.41 Å². The number of carbonyl (C=O) groups is 1. The zero-order valence-corrected chi connectivity index (χ0v) is 8.18. The van der Waals surface area contributed by atoms with Gasteiger partial charge in [-0.15, -0.1) is 0 Å². The van der Waals surface area contributed by atoms with Crippen LogP contribution in [0.4, 0.5) is 0 Å². The number of hydrogen-bond acceptors (Lipinski definition) is 1. The summed E-state index contributed by atoms with van der Waals surface area (Å²) in [6.07, 6.45) is 7.05. The predicted octanol–water partition coefficient (Wildman–Crippen LogP) is 2.14. The first kappa shape index (κ1) is 8.54. The standard InChI is InChI=1S/C11H15NO/c1-11(2)5-3-8-7-10(13)12-9(8)4-6-11/h4,6H,3,5,7H2,1-2H3,(H,12,13). The van der Waals surface area contributed by atoms with E-state index >= 15 is 0 Å². The summed E-state index contributed by atoms with van der Waals surface area (Å²) in [5.74, 6) is 0.148. The van der Waals surface area contributed by atoms with Crippen molar-refractivity contribution in [1.29, 1.82) is 0 Å². The highest BCUT2D eigenvalue weighted by Crippen LogP contribution is 2.33. The van der Waals surface area contributed by atoms with Crippen LogP contribution in [0.1, 0.15) is 33.1 Å². The number of hydrogen-bond donors (Lipinski definition) is 1. The molecule has 0 saturated heterocycles. The smallest absolute Gasteiger partial charge is 0.228 e. The Morgan fingerprint density at radius 2 is 2.23 bits per heavy atom. The Bertz CT molecular complexity index is 310. The molecule has 1 N–H and O–H groups in total. The third kappa shape index (κ3) is 1.67. The van der Waals surface area contributed by atoms with Gasteiger partial charge in [0.05, 0.1) is 6.42 Å². The van der Waals surface area contributed by atoms with Crippen LogP contribution in [-0.2, 0) is 4.79 Å². The molecule has 1 heterocycles. The zero-order chi connectivity index (χ0) is 9.47. The molecule has 1 amide bonds. The Hall–Kier alpha value is -1.05. The van der Waals surface area contributed by atoms with Gasteiger partial charge in [-0.1, -0.05) is 19.9 Å². The highest BCUT2D eigenvalue weighted by Gasteiger charge is 2.25. The van der Waals surface area contributed by atoms with Crippen molar-refractivity contribution in [2.75, 3.05) is 0 Å². The van der Waals surface area contributed by atoms with E-state index in [1.165, 1.54) is 5.57 Å². The molecule has 2 rings (SSSR count). The molecule has 70 valence electrons. The molecule has 13 heavy (non-hydrogen) atoms. The molecule has 0 atom stereocenters. The minimum Gasteiger partial charge on any atom is -0.326 e. The minimum atomic E-state index is 0.148. The molecule has 0 spiro atoms. The molecular formula is C11H15NO. The number of nitrogens with one attached hydrogen (secondary N) is 1. The second-order valence-corrected chi connectivity index (χ2v) is 4.56. The normalized spacial score (nSPS) is 25.5. The van der Waals surface area contributed by atoms with Crippen molar-refractivity contribution in [3.63, 3.8) is 0 Å². The van der Waals surface area contributed by atoms with Gasteiger partial charge in [-0.25, -0.2) is 0 Å². The lowest BCUT2D eigenvalue weighted by Gasteiger charge is -2.18. The van der Waals surface area contributed by atoms with Crippen molar-refractivity contribution >= 4 is 5.91 Å². The SMILES string of the molecule is CC1(C)C=CC2=C(CC1)CC(=O)N2. The minimum absolute atomic E-state index is 0.148. The lowest BCUT2D eigenvalue weighted by Crippen LogP contribution is -2.14. The van der Waals surface area contributed by atoms with Crippen molar-refractivity contribution in [1.82, 2.24) is 5.32 Å². The van der Waals surface area contributed by atoms with E-state index in [2.05, 4.69) is 31.3 Å². The summed E-state index contributed by atoms with van der Waals surface area (Å²) in [7, 11) is 0. The molecule has 0 unspecified atom stereocenters. The summed E-state index contributed by atoms with van der Waals surface area (Å²) in [4.78, 5) is 11.1. The molecule has 0 radical (unpaired) electrons. The van der Waals surface area contributed by atoms with Gasteiger partial charge in [0, 0.05) is 5.70 Å². The second-order valence-electron chi connectivity index (χ2n) is 4.56. The van der Waals surface area contributed by atoms with Gasteiger partial charge in [-0.2, -0.15) is 0 Å². The average Bonchev–Trinajstić information content (AvgIpc) is 2.34. The van der Waals surface area contributed by atoms with Crippen LogP contribution in [-0.4, -0.2) is 5.91 Å². The van der Waals surface area contributed by atoms with Gasteiger partial charge in [0.1, 0.15) is 0 Å². The number of carbonyl (C=O) groups excluding carboxylic acids is 1. The number of rotatable bonds is 0. The van der Waals surface area contributed by atoms with Crippen LogP contribution in [0.25, 0.3) is 0 Å². The lowest BCUT2D eigenvalue weighted by molar-refractivity contribution is -0.118. The van der Waals surface area contributed by atoms with Gasteiger partial charge >= 0.3 is 0 Å². The second kappa shape index (κ2) is 2.72. The fourth-order valence-corrected chi connectivity index (χ4v) is 1.82. The van der Waals surface area contributed by atoms with E-state index in [9.17, 15) is 4.79 Å². The molecule has 2 aliphatic rings. The van der Waals surface area contributed by atoms with Gasteiger partial charge in [0.25, 0.3) is 0 Å². The molecule has 0 aromatic heterocycles. The highest BCUT2D eigenvalue weighted by atomic mass is 16.1. The first-order chi connectivity index (χ1) is 6.07. The van der Waals surface area contributed by atoms with Gasteiger partial charge < -0.3 is 5.32 Å². The van der Waals surface area contributed by atoms with Crippen LogP contribution in [0.5, 0.6) is 0 Å².